The highest BCUT2D eigenvalue weighted by molar-refractivity contribution is 6.00. The molecule has 1 heterocycles. The average Bonchev–Trinajstić information content (AvgIpc) is 2.37. The van der Waals surface area contributed by atoms with E-state index in [9.17, 15) is 4.79 Å². The Kier molecular flexibility index (Phi) is 3.57. The summed E-state index contributed by atoms with van der Waals surface area (Å²) in [6, 6.07) is 5.34. The van der Waals surface area contributed by atoms with E-state index in [1.54, 1.807) is 18.2 Å². The minimum Gasteiger partial charge on any atom is -0.486 e. The van der Waals surface area contributed by atoms with E-state index in [4.69, 9.17) is 15.2 Å². The highest BCUT2D eigenvalue weighted by Gasteiger charge is 2.28. The molecule has 98 valence electrons. The average molecular weight is 249 g/mol. The molecule has 1 aliphatic rings. The topological polar surface area (TPSA) is 61.6 Å². The van der Waals surface area contributed by atoms with Crippen molar-refractivity contribution in [3.63, 3.8) is 0 Å². The van der Waals surface area contributed by atoms with Gasteiger partial charge in [-0.2, -0.15) is 0 Å². The number of benzene rings is 1. The Labute approximate surface area is 107 Å². The maximum Gasteiger partial charge on any atom is 0.168 e. The second kappa shape index (κ2) is 4.98. The molecule has 18 heavy (non-hydrogen) atoms. The van der Waals surface area contributed by atoms with Crippen molar-refractivity contribution in [2.75, 3.05) is 19.8 Å². The van der Waals surface area contributed by atoms with Gasteiger partial charge in [-0.3, -0.25) is 4.79 Å². The molecule has 0 aromatic heterocycles. The van der Waals surface area contributed by atoms with E-state index in [2.05, 4.69) is 0 Å². The highest BCUT2D eigenvalue weighted by atomic mass is 16.6. The van der Waals surface area contributed by atoms with Crippen LogP contribution in [0.15, 0.2) is 18.2 Å². The van der Waals surface area contributed by atoms with Crippen LogP contribution in [0.5, 0.6) is 11.5 Å². The Balaban J connectivity index is 2.26. The summed E-state index contributed by atoms with van der Waals surface area (Å²) in [4.78, 5) is 12.4. The fourth-order valence-electron chi connectivity index (χ4n) is 2.05. The molecule has 0 amide bonds. The zero-order valence-electron chi connectivity index (χ0n) is 10.9. The van der Waals surface area contributed by atoms with Crippen molar-refractivity contribution in [2.45, 2.75) is 20.3 Å². The molecule has 0 fully saturated rings. The van der Waals surface area contributed by atoms with E-state index in [1.807, 2.05) is 13.8 Å². The highest BCUT2D eigenvalue weighted by Crippen LogP contribution is 2.33. The number of nitrogens with two attached hydrogens (primary N) is 1. The molecule has 1 aromatic carbocycles. The van der Waals surface area contributed by atoms with Crippen molar-refractivity contribution >= 4 is 5.78 Å². The van der Waals surface area contributed by atoms with Crippen LogP contribution >= 0.6 is 0 Å². The van der Waals surface area contributed by atoms with E-state index < -0.39 is 5.41 Å². The molecule has 0 atom stereocenters. The first-order valence-electron chi connectivity index (χ1n) is 6.19. The van der Waals surface area contributed by atoms with Gasteiger partial charge >= 0.3 is 0 Å². The van der Waals surface area contributed by atoms with Crippen LogP contribution in [-0.4, -0.2) is 25.5 Å². The van der Waals surface area contributed by atoms with Gasteiger partial charge in [-0.1, -0.05) is 13.8 Å². The number of ether oxygens (including phenoxy) is 2. The third-order valence-electron chi connectivity index (χ3n) is 3.19. The summed E-state index contributed by atoms with van der Waals surface area (Å²) in [6.45, 7) is 5.41. The first-order valence-corrected chi connectivity index (χ1v) is 6.19. The number of ketones is 1. The smallest absolute Gasteiger partial charge is 0.168 e. The molecule has 0 spiro atoms. The predicted octanol–water partition coefficient (Wildman–Crippen LogP) is 2.02. The predicted molar refractivity (Wildman–Crippen MR) is 69.2 cm³/mol. The molecule has 4 nitrogen and oxygen atoms in total. The van der Waals surface area contributed by atoms with Crippen molar-refractivity contribution in [1.82, 2.24) is 0 Å². The number of hydrogen-bond acceptors (Lipinski definition) is 4. The second-order valence-corrected chi connectivity index (χ2v) is 5.11. The molecule has 0 aliphatic carbocycles. The molecule has 0 radical (unpaired) electrons. The molecule has 0 saturated heterocycles. The van der Waals surface area contributed by atoms with E-state index in [0.29, 0.717) is 43.2 Å². The fourth-order valence-corrected chi connectivity index (χ4v) is 2.05. The van der Waals surface area contributed by atoms with Crippen molar-refractivity contribution in [3.8, 4) is 11.5 Å². The number of Topliss-reactive ketones (excluding diaryl/α,β-unsaturated/α-hetero) is 1. The quantitative estimate of drug-likeness (QED) is 0.829. The molecule has 2 rings (SSSR count). The molecular weight excluding hydrogens is 230 g/mol. The Morgan fingerprint density at radius 3 is 2.61 bits per heavy atom. The summed E-state index contributed by atoms with van der Waals surface area (Å²) >= 11 is 0. The molecular formula is C14H19NO3. The van der Waals surface area contributed by atoms with E-state index >= 15 is 0 Å². The fraction of sp³-hybridized carbons (Fsp3) is 0.500. The monoisotopic (exact) mass is 249 g/mol. The first kappa shape index (κ1) is 12.9. The van der Waals surface area contributed by atoms with Gasteiger partial charge in [0, 0.05) is 11.0 Å². The van der Waals surface area contributed by atoms with E-state index in [1.165, 1.54) is 0 Å². The largest absolute Gasteiger partial charge is 0.486 e. The van der Waals surface area contributed by atoms with Crippen molar-refractivity contribution in [2.24, 2.45) is 11.1 Å². The van der Waals surface area contributed by atoms with Gasteiger partial charge in [-0.25, -0.2) is 0 Å². The summed E-state index contributed by atoms with van der Waals surface area (Å²) < 4.78 is 10.9. The number of carbonyl (C=O) groups excluding carboxylic acids is 1. The van der Waals surface area contributed by atoms with Crippen LogP contribution in [0.2, 0.25) is 0 Å². The van der Waals surface area contributed by atoms with Crippen LogP contribution in [0.25, 0.3) is 0 Å². The van der Waals surface area contributed by atoms with Gasteiger partial charge in [0.15, 0.2) is 17.3 Å². The number of rotatable bonds is 4. The summed E-state index contributed by atoms with van der Waals surface area (Å²) in [5.74, 6) is 1.44. The summed E-state index contributed by atoms with van der Waals surface area (Å²) in [7, 11) is 0. The van der Waals surface area contributed by atoms with Gasteiger partial charge in [0.1, 0.15) is 13.2 Å². The normalized spacial score (nSPS) is 14.4. The van der Waals surface area contributed by atoms with Crippen LogP contribution in [-0.2, 0) is 0 Å². The Bertz CT molecular complexity index is 454. The lowest BCUT2D eigenvalue weighted by molar-refractivity contribution is 0.0828. The van der Waals surface area contributed by atoms with Crippen LogP contribution in [0.3, 0.4) is 0 Å². The van der Waals surface area contributed by atoms with Gasteiger partial charge in [0.05, 0.1) is 0 Å². The van der Waals surface area contributed by atoms with Crippen LogP contribution in [0.4, 0.5) is 0 Å². The third-order valence-corrected chi connectivity index (χ3v) is 3.19. The molecule has 1 aromatic rings. The lowest BCUT2D eigenvalue weighted by Crippen LogP contribution is -2.27. The first-order chi connectivity index (χ1) is 8.54. The molecule has 1 aliphatic heterocycles. The maximum absolute atomic E-state index is 12.4. The van der Waals surface area contributed by atoms with Gasteiger partial charge in [0.25, 0.3) is 0 Å². The molecule has 4 heteroatoms. The molecule has 0 unspecified atom stereocenters. The molecule has 0 saturated carbocycles. The summed E-state index contributed by atoms with van der Waals surface area (Å²) in [5, 5.41) is 0. The van der Waals surface area contributed by atoms with Gasteiger partial charge in [0.2, 0.25) is 0 Å². The minimum atomic E-state index is -0.446. The SMILES string of the molecule is CC(C)(CCN)C(=O)c1ccc2c(c1)OCCO2. The number of carbonyl (C=O) groups is 1. The molecule has 0 bridgehead atoms. The second-order valence-electron chi connectivity index (χ2n) is 5.11. The van der Waals surface area contributed by atoms with Crippen molar-refractivity contribution in [3.05, 3.63) is 23.8 Å². The van der Waals surface area contributed by atoms with Crippen molar-refractivity contribution < 1.29 is 14.3 Å². The standard InChI is InChI=1S/C14H19NO3/c1-14(2,5-6-15)13(16)10-3-4-11-12(9-10)18-8-7-17-11/h3-4,9H,5-8,15H2,1-2H3. The third kappa shape index (κ3) is 2.48. The zero-order valence-corrected chi connectivity index (χ0v) is 10.9. The number of hydrogen-bond donors (Lipinski definition) is 1. The van der Waals surface area contributed by atoms with Crippen molar-refractivity contribution in [1.29, 1.82) is 0 Å². The lowest BCUT2D eigenvalue weighted by Gasteiger charge is -2.24. The van der Waals surface area contributed by atoms with Crippen LogP contribution in [0.1, 0.15) is 30.6 Å². The Morgan fingerprint density at radius 2 is 1.94 bits per heavy atom. The molecule has 2 N–H and O–H groups in total. The van der Waals surface area contributed by atoms with E-state index in [-0.39, 0.29) is 5.78 Å². The van der Waals surface area contributed by atoms with Gasteiger partial charge < -0.3 is 15.2 Å². The Morgan fingerprint density at radius 1 is 1.28 bits per heavy atom. The van der Waals surface area contributed by atoms with Crippen LogP contribution in [0, 0.1) is 5.41 Å². The minimum absolute atomic E-state index is 0.0879. The number of fused-ring (bicyclic) bond motifs is 1. The summed E-state index contributed by atoms with van der Waals surface area (Å²) in [5.41, 5.74) is 5.75. The van der Waals surface area contributed by atoms with Gasteiger partial charge in [-0.15, -0.1) is 0 Å². The van der Waals surface area contributed by atoms with E-state index in [0.717, 1.165) is 0 Å². The Hall–Kier alpha value is -1.55. The summed E-state index contributed by atoms with van der Waals surface area (Å²) in [6.07, 6.45) is 0.667. The lowest BCUT2D eigenvalue weighted by atomic mass is 9.81. The maximum atomic E-state index is 12.4. The van der Waals surface area contributed by atoms with Gasteiger partial charge in [-0.05, 0) is 31.2 Å². The zero-order chi connectivity index (χ0) is 13.2. The van der Waals surface area contributed by atoms with Crippen LogP contribution < -0.4 is 15.2 Å².